The van der Waals surface area contributed by atoms with Crippen molar-refractivity contribution in [2.45, 2.75) is 401 Å². The summed E-state index contributed by atoms with van der Waals surface area (Å²) in [6.07, 6.45) is 49.9. The number of carbonyl (C=O) groups excluding carboxylic acids is 4. The van der Waals surface area contributed by atoms with Crippen molar-refractivity contribution >= 4 is 39.5 Å². The van der Waals surface area contributed by atoms with E-state index in [-0.39, 0.29) is 25.7 Å². The Morgan fingerprint density at radius 3 is 0.747 bits per heavy atom. The van der Waals surface area contributed by atoms with E-state index in [9.17, 15) is 43.2 Å². The SMILES string of the molecule is CCC(C)CCCCCCCCCCCCC(=O)O[C@H](COC(=O)CCCCCCCCCCCCCCCCC(C)C)COP(=O)(O)OC[C@@H](O)COP(=O)(O)OC[C@@H](COC(=O)CCCCCCCCC(C)CC)OC(=O)CCCCCCCCCCCCCC(C)C. The number of ether oxygens (including phenoxy) is 4. The van der Waals surface area contributed by atoms with Crippen molar-refractivity contribution < 1.29 is 80.2 Å². The average Bonchev–Trinajstić information content (AvgIpc) is 2.99. The Balaban J connectivity index is 5.26. The van der Waals surface area contributed by atoms with Crippen LogP contribution in [0.5, 0.6) is 0 Å². The molecule has 0 heterocycles. The fraction of sp³-hybridized carbons (Fsp3) is 0.947. The van der Waals surface area contributed by atoms with Gasteiger partial charge in [0.2, 0.25) is 0 Å². The van der Waals surface area contributed by atoms with Crippen LogP contribution < -0.4 is 0 Å². The molecule has 95 heavy (non-hydrogen) atoms. The molecular formula is C76H148O17P2. The molecule has 0 bridgehead atoms. The highest BCUT2D eigenvalue weighted by molar-refractivity contribution is 7.47. The first-order valence-corrected chi connectivity index (χ1v) is 42.3. The first kappa shape index (κ1) is 93.1. The summed E-state index contributed by atoms with van der Waals surface area (Å²) in [5.41, 5.74) is 0. The van der Waals surface area contributed by atoms with Crippen LogP contribution in [-0.4, -0.2) is 96.7 Å². The van der Waals surface area contributed by atoms with Crippen molar-refractivity contribution in [1.29, 1.82) is 0 Å². The van der Waals surface area contributed by atoms with E-state index < -0.39 is 97.5 Å². The van der Waals surface area contributed by atoms with Crippen LogP contribution in [0.25, 0.3) is 0 Å². The van der Waals surface area contributed by atoms with Crippen molar-refractivity contribution in [3.63, 3.8) is 0 Å². The summed E-state index contributed by atoms with van der Waals surface area (Å²) >= 11 is 0. The van der Waals surface area contributed by atoms with Gasteiger partial charge in [-0.15, -0.1) is 0 Å². The van der Waals surface area contributed by atoms with Crippen LogP contribution in [0.1, 0.15) is 383 Å². The minimum atomic E-state index is -4.96. The minimum absolute atomic E-state index is 0.105. The lowest BCUT2D eigenvalue weighted by Crippen LogP contribution is -2.30. The molecule has 0 radical (unpaired) electrons. The van der Waals surface area contributed by atoms with Gasteiger partial charge in [-0.2, -0.15) is 0 Å². The zero-order valence-electron chi connectivity index (χ0n) is 62.3. The number of hydrogen-bond donors (Lipinski definition) is 3. The maximum absolute atomic E-state index is 13.1. The second-order valence-electron chi connectivity index (χ2n) is 28.8. The highest BCUT2D eigenvalue weighted by Gasteiger charge is 2.30. The van der Waals surface area contributed by atoms with Crippen molar-refractivity contribution in [3.05, 3.63) is 0 Å². The molecule has 0 saturated heterocycles. The van der Waals surface area contributed by atoms with Gasteiger partial charge in [-0.3, -0.25) is 37.3 Å². The van der Waals surface area contributed by atoms with Gasteiger partial charge in [0.15, 0.2) is 12.2 Å². The number of hydrogen-bond acceptors (Lipinski definition) is 15. The summed E-state index contributed by atoms with van der Waals surface area (Å²) in [4.78, 5) is 72.8. The Bertz CT molecular complexity index is 1870. The average molecular weight is 1400 g/mol. The summed E-state index contributed by atoms with van der Waals surface area (Å²) in [6, 6.07) is 0. The molecule has 0 aromatic heterocycles. The number of carbonyl (C=O) groups is 4. The molecule has 0 aromatic rings. The van der Waals surface area contributed by atoms with E-state index in [1.54, 1.807) is 0 Å². The van der Waals surface area contributed by atoms with Gasteiger partial charge in [-0.05, 0) is 49.4 Å². The number of unbranched alkanes of at least 4 members (excludes halogenated alkanes) is 37. The summed E-state index contributed by atoms with van der Waals surface area (Å²) in [5.74, 6) is 0.977. The van der Waals surface area contributed by atoms with Crippen LogP contribution in [0.3, 0.4) is 0 Å². The molecule has 0 aliphatic carbocycles. The van der Waals surface area contributed by atoms with Crippen LogP contribution >= 0.6 is 15.6 Å². The van der Waals surface area contributed by atoms with Crippen LogP contribution in [0, 0.1) is 23.7 Å². The monoisotopic (exact) mass is 1400 g/mol. The van der Waals surface area contributed by atoms with Gasteiger partial charge < -0.3 is 33.8 Å². The van der Waals surface area contributed by atoms with Crippen LogP contribution in [0.4, 0.5) is 0 Å². The molecule has 0 fully saturated rings. The molecular weight excluding hydrogens is 1250 g/mol. The van der Waals surface area contributed by atoms with Crippen LogP contribution in [-0.2, 0) is 65.4 Å². The summed E-state index contributed by atoms with van der Waals surface area (Å²) in [7, 11) is -9.91. The zero-order valence-corrected chi connectivity index (χ0v) is 64.1. The summed E-state index contributed by atoms with van der Waals surface area (Å²) in [5, 5.41) is 10.6. The fourth-order valence-corrected chi connectivity index (χ4v) is 13.1. The topological polar surface area (TPSA) is 237 Å². The molecule has 17 nitrogen and oxygen atoms in total. The molecule has 3 N–H and O–H groups in total. The first-order chi connectivity index (χ1) is 45.7. The van der Waals surface area contributed by atoms with Gasteiger partial charge in [0, 0.05) is 25.7 Å². The molecule has 0 saturated carbocycles. The van der Waals surface area contributed by atoms with Crippen molar-refractivity contribution in [2.75, 3.05) is 39.6 Å². The van der Waals surface area contributed by atoms with E-state index in [1.807, 2.05) is 0 Å². The van der Waals surface area contributed by atoms with Crippen LogP contribution in [0.2, 0.25) is 0 Å². The molecule has 0 spiro atoms. The third kappa shape index (κ3) is 67.6. The lowest BCUT2D eigenvalue weighted by Gasteiger charge is -2.21. The summed E-state index contributed by atoms with van der Waals surface area (Å²) < 4.78 is 68.5. The van der Waals surface area contributed by atoms with Gasteiger partial charge >= 0.3 is 39.5 Å². The smallest absolute Gasteiger partial charge is 0.462 e. The Morgan fingerprint density at radius 1 is 0.295 bits per heavy atom. The normalized spacial score (nSPS) is 14.7. The van der Waals surface area contributed by atoms with E-state index in [4.69, 9.17) is 37.0 Å². The minimum Gasteiger partial charge on any atom is -0.462 e. The third-order valence-corrected chi connectivity index (χ3v) is 20.2. The zero-order chi connectivity index (χ0) is 70.3. The number of phosphoric ester groups is 2. The predicted molar refractivity (Wildman–Crippen MR) is 386 cm³/mol. The molecule has 0 rings (SSSR count). The quantitative estimate of drug-likeness (QED) is 0.0222. The van der Waals surface area contributed by atoms with E-state index in [2.05, 4.69) is 55.4 Å². The molecule has 7 atom stereocenters. The van der Waals surface area contributed by atoms with Crippen LogP contribution in [0.15, 0.2) is 0 Å². The number of esters is 4. The Kier molecular flexibility index (Phi) is 64.0. The van der Waals surface area contributed by atoms with E-state index in [0.717, 1.165) is 120 Å². The Labute approximate surface area is 581 Å². The van der Waals surface area contributed by atoms with Crippen molar-refractivity contribution in [1.82, 2.24) is 0 Å². The lowest BCUT2D eigenvalue weighted by molar-refractivity contribution is -0.161. The number of rotatable bonds is 73. The highest BCUT2D eigenvalue weighted by Crippen LogP contribution is 2.45. The molecule has 0 aliphatic rings. The Morgan fingerprint density at radius 2 is 0.505 bits per heavy atom. The molecule has 0 aromatic carbocycles. The number of aliphatic hydroxyl groups excluding tert-OH is 1. The largest absolute Gasteiger partial charge is 0.472 e. The number of aliphatic hydroxyl groups is 1. The maximum Gasteiger partial charge on any atom is 0.472 e. The standard InChI is InChI=1S/C76H148O17P2/c1-9-68(7)54-46-38-30-24-20-21-27-33-43-51-59-76(81)92-71(62-86-73(78)56-48-40-31-25-18-14-12-11-13-16-22-28-36-44-52-66(3)4)64-90-94(82,83)88-60-70(77)61-89-95(84,85)91-65-72(63-87-74(79)57-49-41-35-34-39-47-55-69(8)10-2)93-75(80)58-50-42-32-26-19-15-17-23-29-37-45-53-67(5)6/h66-72,77H,9-65H2,1-8H3,(H,82,83)(H,84,85)/t68?,69?,70-,71-,72-/m1/s1. The van der Waals surface area contributed by atoms with E-state index in [0.29, 0.717) is 25.7 Å². The lowest BCUT2D eigenvalue weighted by atomic mass is 9.99. The third-order valence-electron chi connectivity index (χ3n) is 18.3. The molecule has 4 unspecified atom stereocenters. The predicted octanol–water partition coefficient (Wildman–Crippen LogP) is 22.0. The molecule has 0 aliphatic heterocycles. The van der Waals surface area contributed by atoms with E-state index >= 15 is 0 Å². The van der Waals surface area contributed by atoms with Gasteiger partial charge in [0.05, 0.1) is 26.4 Å². The van der Waals surface area contributed by atoms with Gasteiger partial charge in [-0.25, -0.2) is 9.13 Å². The van der Waals surface area contributed by atoms with Gasteiger partial charge in [0.25, 0.3) is 0 Å². The Hall–Kier alpha value is -1.94. The second-order valence-corrected chi connectivity index (χ2v) is 31.7. The fourth-order valence-electron chi connectivity index (χ4n) is 11.5. The molecule has 0 amide bonds. The molecule has 564 valence electrons. The van der Waals surface area contributed by atoms with E-state index in [1.165, 1.54) is 180 Å². The maximum atomic E-state index is 13.1. The van der Waals surface area contributed by atoms with Crippen molar-refractivity contribution in [3.8, 4) is 0 Å². The summed E-state index contributed by atoms with van der Waals surface area (Å²) in [6.45, 7) is 14.2. The number of phosphoric acid groups is 2. The molecule has 19 heteroatoms. The van der Waals surface area contributed by atoms with Gasteiger partial charge in [-0.1, -0.05) is 331 Å². The van der Waals surface area contributed by atoms with Gasteiger partial charge in [0.1, 0.15) is 19.3 Å². The first-order valence-electron chi connectivity index (χ1n) is 39.3. The highest BCUT2D eigenvalue weighted by atomic mass is 31.2. The second kappa shape index (κ2) is 65.4. The van der Waals surface area contributed by atoms with Crippen molar-refractivity contribution in [2.24, 2.45) is 23.7 Å².